The van der Waals surface area contributed by atoms with E-state index in [-0.39, 0.29) is 0 Å². The van der Waals surface area contributed by atoms with Gasteiger partial charge in [-0.05, 0) is 31.2 Å². The van der Waals surface area contributed by atoms with Gasteiger partial charge in [0.1, 0.15) is 0 Å². The lowest BCUT2D eigenvalue weighted by Gasteiger charge is -2.53. The Labute approximate surface area is 95.2 Å². The van der Waals surface area contributed by atoms with Crippen LogP contribution in [0.1, 0.15) is 26.2 Å². The molecule has 0 aromatic heterocycles. The number of rotatable bonds is 2. The molecule has 0 aromatic carbocycles. The third-order valence-corrected chi connectivity index (χ3v) is 4.39. The summed E-state index contributed by atoms with van der Waals surface area (Å²) >= 11 is 2.46. The Hall–Kier alpha value is 0.650. The summed E-state index contributed by atoms with van der Waals surface area (Å²) < 4.78 is 2.44. The molecule has 0 aromatic rings. The molecule has 3 heteroatoms. The highest BCUT2D eigenvalue weighted by atomic mass is 127. The van der Waals surface area contributed by atoms with E-state index in [0.29, 0.717) is 0 Å². The van der Waals surface area contributed by atoms with Crippen LogP contribution >= 0.6 is 22.9 Å². The first kappa shape index (κ1) is 10.2. The summed E-state index contributed by atoms with van der Waals surface area (Å²) in [6, 6.07) is 0. The standard InChI is InChI=1S/C10H19IN2/c1-2-5-12-8-10(9-12)3-6-13(11)7-4-10/h2-9H2,1H3. The van der Waals surface area contributed by atoms with E-state index in [1.807, 2.05) is 0 Å². The van der Waals surface area contributed by atoms with Crippen LogP contribution in [0.25, 0.3) is 0 Å². The molecule has 0 atom stereocenters. The van der Waals surface area contributed by atoms with E-state index >= 15 is 0 Å². The number of nitrogens with zero attached hydrogens (tertiary/aromatic N) is 2. The Morgan fingerprint density at radius 1 is 1.23 bits per heavy atom. The van der Waals surface area contributed by atoms with E-state index < -0.39 is 0 Å². The third-order valence-electron chi connectivity index (χ3n) is 3.43. The minimum Gasteiger partial charge on any atom is -0.302 e. The van der Waals surface area contributed by atoms with Crippen molar-refractivity contribution in [3.05, 3.63) is 0 Å². The Kier molecular flexibility index (Phi) is 3.15. The fourth-order valence-electron chi connectivity index (χ4n) is 2.65. The van der Waals surface area contributed by atoms with Gasteiger partial charge in [0.05, 0.1) is 0 Å². The zero-order valence-electron chi connectivity index (χ0n) is 8.43. The van der Waals surface area contributed by atoms with Crippen LogP contribution in [0.4, 0.5) is 0 Å². The van der Waals surface area contributed by atoms with Crippen LogP contribution in [0.2, 0.25) is 0 Å². The van der Waals surface area contributed by atoms with Gasteiger partial charge in [0, 0.05) is 49.0 Å². The lowest BCUT2D eigenvalue weighted by Crippen LogP contribution is -2.59. The molecule has 0 radical (unpaired) electrons. The van der Waals surface area contributed by atoms with Gasteiger partial charge in [-0.2, -0.15) is 0 Å². The van der Waals surface area contributed by atoms with Gasteiger partial charge in [-0.3, -0.25) is 0 Å². The molecule has 76 valence electrons. The quantitative estimate of drug-likeness (QED) is 0.569. The number of piperidine rings is 1. The van der Waals surface area contributed by atoms with Crippen molar-refractivity contribution in [2.75, 3.05) is 32.7 Å². The molecule has 2 fully saturated rings. The number of likely N-dealkylation sites (tertiary alicyclic amines) is 1. The number of hydrogen-bond donors (Lipinski definition) is 0. The van der Waals surface area contributed by atoms with Crippen LogP contribution in [0.5, 0.6) is 0 Å². The highest BCUT2D eigenvalue weighted by Gasteiger charge is 2.43. The number of hydrogen-bond acceptors (Lipinski definition) is 2. The second-order valence-corrected chi connectivity index (χ2v) is 5.99. The molecule has 1 spiro atoms. The summed E-state index contributed by atoms with van der Waals surface area (Å²) in [7, 11) is 0. The third kappa shape index (κ3) is 2.18. The Bertz CT molecular complexity index is 168. The SMILES string of the molecule is CCCN1CC2(CCN(I)CC2)C1. The van der Waals surface area contributed by atoms with Crippen LogP contribution in [0.3, 0.4) is 0 Å². The Morgan fingerprint density at radius 2 is 1.85 bits per heavy atom. The van der Waals surface area contributed by atoms with Gasteiger partial charge in [-0.15, -0.1) is 0 Å². The first-order valence-corrected chi connectivity index (χ1v) is 6.34. The predicted molar refractivity (Wildman–Crippen MR) is 64.0 cm³/mol. The first-order chi connectivity index (χ1) is 6.24. The normalized spacial score (nSPS) is 29.1. The fraction of sp³-hybridized carbons (Fsp3) is 1.00. The van der Waals surface area contributed by atoms with Crippen molar-refractivity contribution >= 4 is 22.9 Å². The second kappa shape index (κ2) is 4.03. The highest BCUT2D eigenvalue weighted by molar-refractivity contribution is 14.1. The molecule has 0 amide bonds. The molecule has 0 unspecified atom stereocenters. The summed E-state index contributed by atoms with van der Waals surface area (Å²) in [6.07, 6.45) is 4.17. The maximum Gasteiger partial charge on any atom is 0.0201 e. The minimum absolute atomic E-state index is 0.733. The van der Waals surface area contributed by atoms with Gasteiger partial charge in [0.25, 0.3) is 0 Å². The lowest BCUT2D eigenvalue weighted by atomic mass is 9.72. The van der Waals surface area contributed by atoms with Gasteiger partial charge in [0.2, 0.25) is 0 Å². The number of halogens is 1. The van der Waals surface area contributed by atoms with Gasteiger partial charge in [-0.1, -0.05) is 6.92 Å². The van der Waals surface area contributed by atoms with E-state index in [2.05, 4.69) is 37.8 Å². The average molecular weight is 294 g/mol. The van der Waals surface area contributed by atoms with Crippen molar-refractivity contribution in [1.82, 2.24) is 8.01 Å². The van der Waals surface area contributed by atoms with Crippen molar-refractivity contribution in [3.63, 3.8) is 0 Å². The summed E-state index contributed by atoms with van der Waals surface area (Å²) in [5.74, 6) is 0. The molecule has 2 aliphatic heterocycles. The molecular formula is C10H19IN2. The van der Waals surface area contributed by atoms with Crippen molar-refractivity contribution in [2.45, 2.75) is 26.2 Å². The Balaban J connectivity index is 1.76. The smallest absolute Gasteiger partial charge is 0.0201 e. The summed E-state index contributed by atoms with van der Waals surface area (Å²) in [6.45, 7) is 8.96. The van der Waals surface area contributed by atoms with Gasteiger partial charge < -0.3 is 4.90 Å². The molecule has 2 rings (SSSR count). The molecule has 2 heterocycles. The van der Waals surface area contributed by atoms with Crippen LogP contribution in [-0.2, 0) is 0 Å². The molecular weight excluding hydrogens is 275 g/mol. The van der Waals surface area contributed by atoms with Gasteiger partial charge >= 0.3 is 0 Å². The maximum absolute atomic E-state index is 2.61. The minimum atomic E-state index is 0.733. The molecule has 2 saturated heterocycles. The van der Waals surface area contributed by atoms with Crippen molar-refractivity contribution < 1.29 is 0 Å². The van der Waals surface area contributed by atoms with Crippen molar-refractivity contribution in [1.29, 1.82) is 0 Å². The summed E-state index contributed by atoms with van der Waals surface area (Å²) in [5.41, 5.74) is 0.733. The molecule has 0 bridgehead atoms. The molecule has 0 saturated carbocycles. The highest BCUT2D eigenvalue weighted by Crippen LogP contribution is 2.40. The van der Waals surface area contributed by atoms with E-state index in [4.69, 9.17) is 0 Å². The van der Waals surface area contributed by atoms with E-state index in [9.17, 15) is 0 Å². The predicted octanol–water partition coefficient (Wildman–Crippen LogP) is 2.14. The Morgan fingerprint density at radius 3 is 2.38 bits per heavy atom. The molecule has 0 aliphatic carbocycles. The largest absolute Gasteiger partial charge is 0.302 e. The molecule has 13 heavy (non-hydrogen) atoms. The van der Waals surface area contributed by atoms with Crippen LogP contribution < -0.4 is 0 Å². The topological polar surface area (TPSA) is 6.48 Å². The second-order valence-electron chi connectivity index (χ2n) is 4.62. The summed E-state index contributed by atoms with van der Waals surface area (Å²) in [4.78, 5) is 2.61. The molecule has 2 nitrogen and oxygen atoms in total. The van der Waals surface area contributed by atoms with Crippen LogP contribution in [0, 0.1) is 5.41 Å². The molecule has 2 aliphatic rings. The average Bonchev–Trinajstić information content (AvgIpc) is 2.07. The lowest BCUT2D eigenvalue weighted by molar-refractivity contribution is -0.0306. The van der Waals surface area contributed by atoms with Crippen molar-refractivity contribution in [2.24, 2.45) is 5.41 Å². The fourth-order valence-corrected chi connectivity index (χ4v) is 3.13. The van der Waals surface area contributed by atoms with Crippen LogP contribution in [0.15, 0.2) is 0 Å². The van der Waals surface area contributed by atoms with E-state index in [1.54, 1.807) is 0 Å². The van der Waals surface area contributed by atoms with E-state index in [0.717, 1.165) is 5.41 Å². The van der Waals surface area contributed by atoms with E-state index in [1.165, 1.54) is 52.0 Å². The molecule has 0 N–H and O–H groups in total. The van der Waals surface area contributed by atoms with Crippen LogP contribution in [-0.4, -0.2) is 40.7 Å². The zero-order chi connectivity index (χ0) is 9.31. The van der Waals surface area contributed by atoms with Crippen molar-refractivity contribution in [3.8, 4) is 0 Å². The first-order valence-electron chi connectivity index (χ1n) is 5.37. The monoisotopic (exact) mass is 294 g/mol. The summed E-state index contributed by atoms with van der Waals surface area (Å²) in [5, 5.41) is 0. The van der Waals surface area contributed by atoms with Gasteiger partial charge in [0.15, 0.2) is 0 Å². The van der Waals surface area contributed by atoms with Gasteiger partial charge in [-0.25, -0.2) is 3.11 Å². The maximum atomic E-state index is 2.61. The zero-order valence-corrected chi connectivity index (χ0v) is 10.6.